The maximum Gasteiger partial charge on any atom is 0.243 e. The van der Waals surface area contributed by atoms with Crippen molar-refractivity contribution >= 4 is 15.9 Å². The van der Waals surface area contributed by atoms with Gasteiger partial charge in [0.1, 0.15) is 5.82 Å². The van der Waals surface area contributed by atoms with Crippen molar-refractivity contribution in [3.05, 3.63) is 30.1 Å². The molecule has 1 heterocycles. The average molecular weight is 397 g/mol. The smallest absolute Gasteiger partial charge is 0.243 e. The number of amides is 1. The number of halogens is 1. The minimum Gasteiger partial charge on any atom is -0.356 e. The highest BCUT2D eigenvalue weighted by Gasteiger charge is 2.33. The lowest BCUT2D eigenvalue weighted by molar-refractivity contribution is -0.125. The van der Waals surface area contributed by atoms with Crippen LogP contribution in [0.4, 0.5) is 4.39 Å². The molecule has 27 heavy (non-hydrogen) atoms. The van der Waals surface area contributed by atoms with E-state index in [0.29, 0.717) is 19.6 Å². The van der Waals surface area contributed by atoms with E-state index in [1.807, 2.05) is 0 Å². The molecule has 1 amide bonds. The molecule has 1 aliphatic carbocycles. The van der Waals surface area contributed by atoms with Crippen LogP contribution in [0.5, 0.6) is 0 Å². The van der Waals surface area contributed by atoms with Crippen LogP contribution in [0.25, 0.3) is 0 Å². The Hall–Kier alpha value is -1.47. The van der Waals surface area contributed by atoms with Crippen molar-refractivity contribution in [1.29, 1.82) is 0 Å². The number of benzene rings is 1. The van der Waals surface area contributed by atoms with Crippen LogP contribution in [-0.2, 0) is 14.8 Å². The van der Waals surface area contributed by atoms with Crippen molar-refractivity contribution in [2.24, 2.45) is 11.8 Å². The third-order valence-electron chi connectivity index (χ3n) is 5.74. The second kappa shape index (κ2) is 9.15. The minimum atomic E-state index is -3.60. The monoisotopic (exact) mass is 396 g/mol. The lowest BCUT2D eigenvalue weighted by Crippen LogP contribution is -2.36. The van der Waals surface area contributed by atoms with E-state index in [4.69, 9.17) is 0 Å². The molecule has 1 aromatic carbocycles. The van der Waals surface area contributed by atoms with E-state index in [1.54, 1.807) is 0 Å². The van der Waals surface area contributed by atoms with Crippen molar-refractivity contribution in [3.63, 3.8) is 0 Å². The van der Waals surface area contributed by atoms with Crippen LogP contribution in [0.3, 0.4) is 0 Å². The number of nitrogens with one attached hydrogen (secondary N) is 1. The summed E-state index contributed by atoms with van der Waals surface area (Å²) in [6.45, 7) is 1.35. The zero-order valence-corrected chi connectivity index (χ0v) is 16.5. The van der Waals surface area contributed by atoms with Gasteiger partial charge in [0, 0.05) is 25.6 Å². The lowest BCUT2D eigenvalue weighted by atomic mass is 9.90. The highest BCUT2D eigenvalue weighted by molar-refractivity contribution is 7.89. The normalized spacial score (nSPS) is 22.9. The zero-order chi connectivity index (χ0) is 19.3. The summed E-state index contributed by atoms with van der Waals surface area (Å²) in [5, 5.41) is 3.05. The minimum absolute atomic E-state index is 0.103. The van der Waals surface area contributed by atoms with Gasteiger partial charge in [0.25, 0.3) is 0 Å². The summed E-state index contributed by atoms with van der Waals surface area (Å²) >= 11 is 0. The lowest BCUT2D eigenvalue weighted by Gasteiger charge is -2.20. The number of carbonyl (C=O) groups is 1. The predicted molar refractivity (Wildman–Crippen MR) is 102 cm³/mol. The molecular formula is C20H29FN2O3S. The van der Waals surface area contributed by atoms with Crippen LogP contribution in [0.2, 0.25) is 0 Å². The highest BCUT2D eigenvalue weighted by Crippen LogP contribution is 2.25. The molecule has 150 valence electrons. The molecule has 2 fully saturated rings. The van der Waals surface area contributed by atoms with Crippen molar-refractivity contribution in [3.8, 4) is 0 Å². The summed E-state index contributed by atoms with van der Waals surface area (Å²) in [7, 11) is -3.60. The Kier molecular flexibility index (Phi) is 6.87. The van der Waals surface area contributed by atoms with E-state index in [9.17, 15) is 17.6 Å². The van der Waals surface area contributed by atoms with Crippen LogP contribution in [0.15, 0.2) is 29.2 Å². The molecule has 2 aliphatic rings. The van der Waals surface area contributed by atoms with Gasteiger partial charge in [-0.2, -0.15) is 4.31 Å². The van der Waals surface area contributed by atoms with Gasteiger partial charge in [0.2, 0.25) is 15.9 Å². The molecule has 1 atom stereocenters. The van der Waals surface area contributed by atoms with Crippen LogP contribution in [0, 0.1) is 17.7 Å². The van der Waals surface area contributed by atoms with E-state index < -0.39 is 15.8 Å². The molecular weight excluding hydrogens is 367 g/mol. The number of sulfonamides is 1. The summed E-state index contributed by atoms with van der Waals surface area (Å²) in [5.41, 5.74) is 0. The molecule has 1 aromatic rings. The predicted octanol–water partition coefficient (Wildman–Crippen LogP) is 3.31. The quantitative estimate of drug-likeness (QED) is 0.830. The van der Waals surface area contributed by atoms with Crippen LogP contribution in [0.1, 0.15) is 51.4 Å². The van der Waals surface area contributed by atoms with Gasteiger partial charge < -0.3 is 5.32 Å². The standard InChI is InChI=1S/C20H29FN2O3S/c21-18-8-10-19(11-9-18)27(25,26)23-13-12-16(15-23)14-22-20(24)17-6-4-2-1-3-5-7-17/h8-11,16-17H,1-7,12-15H2,(H,22,24). The second-order valence-electron chi connectivity index (χ2n) is 7.76. The van der Waals surface area contributed by atoms with E-state index in [0.717, 1.165) is 44.2 Å². The van der Waals surface area contributed by atoms with Gasteiger partial charge in [0.15, 0.2) is 0 Å². The van der Waals surface area contributed by atoms with E-state index in [-0.39, 0.29) is 22.6 Å². The molecule has 1 saturated heterocycles. The molecule has 1 N–H and O–H groups in total. The zero-order valence-electron chi connectivity index (χ0n) is 15.7. The number of hydrogen-bond acceptors (Lipinski definition) is 3. The summed E-state index contributed by atoms with van der Waals surface area (Å²) < 4.78 is 39.8. The second-order valence-corrected chi connectivity index (χ2v) is 9.70. The fraction of sp³-hybridized carbons (Fsp3) is 0.650. The highest BCUT2D eigenvalue weighted by atomic mass is 32.2. The first kappa shape index (κ1) is 20.3. The molecule has 1 saturated carbocycles. The number of hydrogen-bond donors (Lipinski definition) is 1. The van der Waals surface area contributed by atoms with Gasteiger partial charge >= 0.3 is 0 Å². The molecule has 0 aromatic heterocycles. The Bertz CT molecular complexity index is 728. The molecule has 0 radical (unpaired) electrons. The van der Waals surface area contributed by atoms with Crippen molar-refractivity contribution < 1.29 is 17.6 Å². The Labute approximate surface area is 161 Å². The molecule has 1 aliphatic heterocycles. The molecule has 0 bridgehead atoms. The maximum absolute atomic E-state index is 13.0. The summed E-state index contributed by atoms with van der Waals surface area (Å²) in [5.74, 6) is -0.106. The Morgan fingerprint density at radius 3 is 2.33 bits per heavy atom. The Morgan fingerprint density at radius 2 is 1.67 bits per heavy atom. The Balaban J connectivity index is 1.50. The van der Waals surface area contributed by atoms with E-state index in [2.05, 4.69) is 5.32 Å². The van der Waals surface area contributed by atoms with Crippen molar-refractivity contribution in [1.82, 2.24) is 9.62 Å². The van der Waals surface area contributed by atoms with Gasteiger partial charge in [-0.05, 0) is 49.4 Å². The van der Waals surface area contributed by atoms with Gasteiger partial charge in [-0.15, -0.1) is 0 Å². The maximum atomic E-state index is 13.0. The number of rotatable bonds is 5. The van der Waals surface area contributed by atoms with Crippen LogP contribution < -0.4 is 5.32 Å². The SMILES string of the molecule is O=C(NCC1CCN(S(=O)(=O)c2ccc(F)cc2)C1)C1CCCCCCC1. The summed E-state index contributed by atoms with van der Waals surface area (Å²) in [6, 6.07) is 4.92. The first-order chi connectivity index (χ1) is 13.0. The summed E-state index contributed by atoms with van der Waals surface area (Å²) in [6.07, 6.45) is 8.57. The van der Waals surface area contributed by atoms with Crippen molar-refractivity contribution in [2.45, 2.75) is 56.3 Å². The molecule has 5 nitrogen and oxygen atoms in total. The van der Waals surface area contributed by atoms with E-state index in [1.165, 1.54) is 35.7 Å². The Morgan fingerprint density at radius 1 is 1.04 bits per heavy atom. The third-order valence-corrected chi connectivity index (χ3v) is 7.62. The largest absolute Gasteiger partial charge is 0.356 e. The summed E-state index contributed by atoms with van der Waals surface area (Å²) in [4.78, 5) is 12.6. The van der Waals surface area contributed by atoms with Crippen LogP contribution in [-0.4, -0.2) is 38.3 Å². The van der Waals surface area contributed by atoms with E-state index >= 15 is 0 Å². The van der Waals surface area contributed by atoms with Gasteiger partial charge in [-0.25, -0.2) is 12.8 Å². The molecule has 0 spiro atoms. The average Bonchev–Trinajstić information content (AvgIpc) is 3.10. The topological polar surface area (TPSA) is 66.5 Å². The van der Waals surface area contributed by atoms with Crippen LogP contribution >= 0.6 is 0 Å². The van der Waals surface area contributed by atoms with Gasteiger partial charge in [0.05, 0.1) is 4.90 Å². The first-order valence-electron chi connectivity index (χ1n) is 10.0. The molecule has 7 heteroatoms. The fourth-order valence-corrected chi connectivity index (χ4v) is 5.58. The van der Waals surface area contributed by atoms with Crippen molar-refractivity contribution in [2.75, 3.05) is 19.6 Å². The van der Waals surface area contributed by atoms with Gasteiger partial charge in [-0.1, -0.05) is 32.1 Å². The van der Waals surface area contributed by atoms with Gasteiger partial charge in [-0.3, -0.25) is 4.79 Å². The first-order valence-corrected chi connectivity index (χ1v) is 11.4. The molecule has 3 rings (SSSR count). The number of carbonyl (C=O) groups excluding carboxylic acids is 1. The number of nitrogens with zero attached hydrogens (tertiary/aromatic N) is 1. The fourth-order valence-electron chi connectivity index (χ4n) is 4.05. The molecule has 1 unspecified atom stereocenters. The third kappa shape index (κ3) is 5.29.